The lowest BCUT2D eigenvalue weighted by Crippen LogP contribution is -2.09. The van der Waals surface area contributed by atoms with Gasteiger partial charge in [0, 0.05) is 0 Å². The summed E-state index contributed by atoms with van der Waals surface area (Å²) in [4.78, 5) is 11.9. The molecule has 0 aliphatic heterocycles. The van der Waals surface area contributed by atoms with Gasteiger partial charge in [-0.25, -0.2) is 0 Å². The molecule has 0 amide bonds. The quantitative estimate of drug-likeness (QED) is 0.0484. The van der Waals surface area contributed by atoms with Gasteiger partial charge in [-0.2, -0.15) is 0 Å². The predicted octanol–water partition coefficient (Wildman–Crippen LogP) is 12.5. The van der Waals surface area contributed by atoms with Crippen LogP contribution in [0.15, 0.2) is 18.2 Å². The first kappa shape index (κ1) is 39.1. The zero-order valence-electron chi connectivity index (χ0n) is 27.1. The summed E-state index contributed by atoms with van der Waals surface area (Å²) in [5, 5.41) is 0. The summed E-state index contributed by atoms with van der Waals surface area (Å²) < 4.78 is 5.42. The fourth-order valence-electron chi connectivity index (χ4n) is 5.93. The standard InChI is InChI=1S/C36H67O2PS2/c1-3-5-7-9-11-13-15-17-19-21-23-25-27-29-34-31-32-36(38-39(37,40)41)33-35(34)30-28-26-24-22-20-18-16-14-12-10-8-6-4-2/h31-33H,3-30H2,1-2H3,(H2,37,40,41)/p-2. The molecule has 1 aromatic carbocycles. The Bertz CT molecular complexity index is 707. The predicted molar refractivity (Wildman–Crippen MR) is 188 cm³/mol. The van der Waals surface area contributed by atoms with Gasteiger partial charge in [0.25, 0.3) is 0 Å². The largest absolute Gasteiger partial charge is 0.682 e. The zero-order chi connectivity index (χ0) is 29.9. The molecule has 0 heterocycles. The summed E-state index contributed by atoms with van der Waals surface area (Å²) in [5.41, 5.74) is 2.76. The smallest absolute Gasteiger partial charge is 0.168 e. The molecule has 0 N–H and O–H groups in total. The van der Waals surface area contributed by atoms with Crippen LogP contribution in [0.1, 0.15) is 192 Å². The Balaban J connectivity index is 2.24. The van der Waals surface area contributed by atoms with Crippen LogP contribution in [0.25, 0.3) is 0 Å². The zero-order valence-corrected chi connectivity index (χ0v) is 29.6. The van der Waals surface area contributed by atoms with Crippen molar-refractivity contribution in [3.8, 4) is 5.75 Å². The van der Waals surface area contributed by atoms with Crippen molar-refractivity contribution in [2.24, 2.45) is 0 Å². The summed E-state index contributed by atoms with van der Waals surface area (Å²) in [6, 6.07) is 6.13. The Hall–Kier alpha value is 0.110. The maximum atomic E-state index is 11.9. The van der Waals surface area contributed by atoms with Crippen molar-refractivity contribution in [2.75, 3.05) is 0 Å². The van der Waals surface area contributed by atoms with Crippen molar-refractivity contribution < 1.29 is 9.42 Å². The van der Waals surface area contributed by atoms with Gasteiger partial charge in [-0.05, 0) is 48.9 Å². The molecule has 0 aliphatic rings. The summed E-state index contributed by atoms with van der Waals surface area (Å²) in [6.45, 7) is 4.57. The Kier molecular flexibility index (Phi) is 26.4. The van der Waals surface area contributed by atoms with Crippen LogP contribution in [-0.4, -0.2) is 0 Å². The van der Waals surface area contributed by atoms with Gasteiger partial charge in [0.05, 0.1) is 0 Å². The maximum Gasteiger partial charge on any atom is 0.168 e. The topological polar surface area (TPSA) is 32.3 Å². The summed E-state index contributed by atoms with van der Waals surface area (Å²) in [5.74, 6) is 0.581. The first-order valence-corrected chi connectivity index (χ1v) is 21.4. The Morgan fingerprint density at radius 1 is 0.488 bits per heavy atom. The second kappa shape index (κ2) is 27.6. The lowest BCUT2D eigenvalue weighted by Gasteiger charge is -2.42. The highest BCUT2D eigenvalue weighted by Gasteiger charge is 2.08. The van der Waals surface area contributed by atoms with Crippen LogP contribution in [0.2, 0.25) is 0 Å². The highest BCUT2D eigenvalue weighted by atomic mass is 33.1. The molecule has 240 valence electrons. The number of hydrogen-bond donors (Lipinski definition) is 0. The van der Waals surface area contributed by atoms with Gasteiger partial charge in [-0.3, -0.25) is 0 Å². The van der Waals surface area contributed by atoms with Crippen molar-refractivity contribution in [1.29, 1.82) is 0 Å². The van der Waals surface area contributed by atoms with Crippen molar-refractivity contribution in [3.63, 3.8) is 0 Å². The molecular weight excluding hydrogens is 560 g/mol. The first-order valence-electron chi connectivity index (χ1n) is 17.8. The number of rotatable bonds is 30. The highest BCUT2D eigenvalue weighted by Crippen LogP contribution is 2.46. The van der Waals surface area contributed by atoms with Crippen LogP contribution < -0.4 is 9.42 Å². The van der Waals surface area contributed by atoms with Crippen molar-refractivity contribution in [2.45, 2.75) is 194 Å². The van der Waals surface area contributed by atoms with Gasteiger partial charge in [-0.15, -0.1) is 6.12 Å². The minimum Gasteiger partial charge on any atom is -0.682 e. The fourth-order valence-corrected chi connectivity index (χ4v) is 6.82. The van der Waals surface area contributed by atoms with Crippen LogP contribution in [0.5, 0.6) is 5.75 Å². The van der Waals surface area contributed by atoms with E-state index in [1.165, 1.54) is 178 Å². The van der Waals surface area contributed by atoms with E-state index in [1.807, 2.05) is 6.07 Å². The molecule has 0 spiro atoms. The van der Waals surface area contributed by atoms with Gasteiger partial charge in [0.2, 0.25) is 0 Å². The molecule has 1 aromatic rings. The van der Waals surface area contributed by atoms with E-state index in [2.05, 4.69) is 26.0 Å². The average molecular weight is 625 g/mol. The fraction of sp³-hybridized carbons (Fsp3) is 0.833. The average Bonchev–Trinajstić information content (AvgIpc) is 2.94. The monoisotopic (exact) mass is 624 g/mol. The molecular formula is C36H65O2PS2-2. The second-order valence-corrected chi connectivity index (χ2v) is 17.1. The minimum absolute atomic E-state index is 0.581. The SMILES string of the molecule is CCCCCCCCCCCCCCCc1ccc(O[P+]([O-])([S-])[S-])cc1CCCCCCCCCCCCCCC. The third kappa shape index (κ3) is 25.2. The maximum absolute atomic E-state index is 11.9. The number of unbranched alkanes of at least 4 members (excludes halogenated alkanes) is 24. The van der Waals surface area contributed by atoms with Crippen molar-refractivity contribution in [1.82, 2.24) is 0 Å². The first-order chi connectivity index (χ1) is 20.0. The van der Waals surface area contributed by atoms with Gasteiger partial charge >= 0.3 is 0 Å². The van der Waals surface area contributed by atoms with Crippen LogP contribution in [0.3, 0.4) is 0 Å². The molecule has 0 saturated carbocycles. The summed E-state index contributed by atoms with van der Waals surface area (Å²) in [6.07, 6.45) is 34.6. The van der Waals surface area contributed by atoms with E-state index in [-0.39, 0.29) is 0 Å². The van der Waals surface area contributed by atoms with E-state index >= 15 is 0 Å². The Morgan fingerprint density at radius 3 is 1.15 bits per heavy atom. The molecule has 0 aliphatic carbocycles. The number of benzene rings is 1. The van der Waals surface area contributed by atoms with E-state index in [9.17, 15) is 4.89 Å². The molecule has 0 fully saturated rings. The normalized spacial score (nSPS) is 11.8. The Morgan fingerprint density at radius 2 is 0.805 bits per heavy atom. The molecule has 41 heavy (non-hydrogen) atoms. The van der Waals surface area contributed by atoms with Gasteiger partial charge in [0.15, 0.2) is 5.75 Å². The molecule has 0 saturated heterocycles. The van der Waals surface area contributed by atoms with Gasteiger partial charge in [0.1, 0.15) is 0 Å². The lowest BCUT2D eigenvalue weighted by atomic mass is 9.96. The molecule has 0 unspecified atom stereocenters. The molecule has 2 nitrogen and oxygen atoms in total. The van der Waals surface area contributed by atoms with Crippen LogP contribution in [-0.2, 0) is 37.3 Å². The summed E-state index contributed by atoms with van der Waals surface area (Å²) >= 11 is 9.71. The van der Waals surface area contributed by atoms with E-state index < -0.39 is 6.12 Å². The third-order valence-corrected chi connectivity index (χ3v) is 9.38. The second-order valence-electron chi connectivity index (χ2n) is 12.5. The van der Waals surface area contributed by atoms with E-state index in [0.717, 1.165) is 12.8 Å². The van der Waals surface area contributed by atoms with Crippen LogP contribution >= 0.6 is 6.12 Å². The van der Waals surface area contributed by atoms with Crippen molar-refractivity contribution in [3.05, 3.63) is 29.3 Å². The Labute approximate surface area is 267 Å². The molecule has 1 rings (SSSR count). The van der Waals surface area contributed by atoms with Gasteiger partial charge < -0.3 is 33.9 Å². The number of hydrogen-bond acceptors (Lipinski definition) is 4. The van der Waals surface area contributed by atoms with Crippen molar-refractivity contribution >= 4 is 30.6 Å². The number of aryl methyl sites for hydroxylation is 2. The third-order valence-electron chi connectivity index (χ3n) is 8.49. The summed E-state index contributed by atoms with van der Waals surface area (Å²) in [7, 11) is 0. The lowest BCUT2D eigenvalue weighted by molar-refractivity contribution is -0.169. The van der Waals surface area contributed by atoms with Crippen LogP contribution in [0, 0.1) is 0 Å². The molecule has 0 atom stereocenters. The van der Waals surface area contributed by atoms with E-state index in [1.54, 1.807) is 0 Å². The minimum atomic E-state index is -3.37. The van der Waals surface area contributed by atoms with E-state index in [0.29, 0.717) is 5.75 Å². The molecule has 0 bridgehead atoms. The molecule has 5 heteroatoms. The molecule has 0 radical (unpaired) electrons. The van der Waals surface area contributed by atoms with Crippen LogP contribution in [0.4, 0.5) is 0 Å². The molecule has 0 aromatic heterocycles. The van der Waals surface area contributed by atoms with Gasteiger partial charge in [-0.1, -0.05) is 174 Å². The van der Waals surface area contributed by atoms with E-state index in [4.69, 9.17) is 29.0 Å². The highest BCUT2D eigenvalue weighted by molar-refractivity contribution is 8.69.